The number of halogens is 1. The van der Waals surface area contributed by atoms with Gasteiger partial charge in [-0.1, -0.05) is 32.4 Å². The number of rotatable bonds is 17. The van der Waals surface area contributed by atoms with Crippen molar-refractivity contribution >= 4 is 52.9 Å². The molecule has 0 radical (unpaired) electrons. The molecule has 1 heterocycles. The van der Waals surface area contributed by atoms with E-state index in [0.717, 1.165) is 10.5 Å². The number of carbonyl (C=O) groups excluding carboxylic acids is 6. The zero-order valence-electron chi connectivity index (χ0n) is 23.4. The van der Waals surface area contributed by atoms with E-state index in [-0.39, 0.29) is 43.7 Å². The van der Waals surface area contributed by atoms with E-state index in [9.17, 15) is 28.8 Å². The molecule has 0 saturated heterocycles. The van der Waals surface area contributed by atoms with Crippen molar-refractivity contribution in [3.8, 4) is 0 Å². The van der Waals surface area contributed by atoms with Crippen LogP contribution in [0.2, 0.25) is 0 Å². The summed E-state index contributed by atoms with van der Waals surface area (Å²) in [6.45, 7) is 3.98. The number of benzene rings is 1. The number of unbranched alkanes of at least 4 members (excludes halogenated alkanes) is 1. The lowest BCUT2D eigenvalue weighted by Gasteiger charge is -2.29. The van der Waals surface area contributed by atoms with Crippen LogP contribution in [0.5, 0.6) is 0 Å². The maximum absolute atomic E-state index is 13.5. The molecule has 7 amide bonds. The summed E-state index contributed by atoms with van der Waals surface area (Å²) in [5.41, 5.74) is 12.2. The maximum atomic E-state index is 13.5. The van der Waals surface area contributed by atoms with E-state index in [1.54, 1.807) is 38.1 Å². The number of anilines is 1. The minimum absolute atomic E-state index is 0.190. The van der Waals surface area contributed by atoms with Gasteiger partial charge in [0.15, 0.2) is 0 Å². The van der Waals surface area contributed by atoms with Crippen molar-refractivity contribution in [2.45, 2.75) is 57.9 Å². The Morgan fingerprint density at radius 2 is 1.54 bits per heavy atom. The molecule has 1 unspecified atom stereocenters. The topological polar surface area (TPSA) is 194 Å². The Morgan fingerprint density at radius 1 is 0.902 bits per heavy atom. The van der Waals surface area contributed by atoms with Crippen LogP contribution >= 0.6 is 11.6 Å². The van der Waals surface area contributed by atoms with Crippen LogP contribution in [0, 0.1) is 17.8 Å². The molecule has 1 aromatic carbocycles. The SMILES string of the molecule is CC(C)[C@H](C(=O)N[C@@H](CCCNC(N)=O)C(=O)Nc1ccc(CCl)cc1)C(CCCCN1C(=O)C=CC1=O)C(N)=O. The third-order valence-corrected chi connectivity index (χ3v) is 7.15. The molecule has 0 bridgehead atoms. The van der Waals surface area contributed by atoms with Crippen molar-refractivity contribution in [2.24, 2.45) is 29.2 Å². The lowest BCUT2D eigenvalue weighted by Crippen LogP contribution is -2.50. The fraction of sp³-hybridized carbons (Fsp3) is 0.500. The predicted molar refractivity (Wildman–Crippen MR) is 154 cm³/mol. The summed E-state index contributed by atoms with van der Waals surface area (Å²) in [4.78, 5) is 74.9. The monoisotopic (exact) mass is 590 g/mol. The normalized spacial score (nSPS) is 15.0. The van der Waals surface area contributed by atoms with Crippen LogP contribution in [-0.2, 0) is 29.9 Å². The Kier molecular flexibility index (Phi) is 13.3. The van der Waals surface area contributed by atoms with E-state index in [4.69, 9.17) is 23.1 Å². The lowest BCUT2D eigenvalue weighted by molar-refractivity contribution is -0.137. The van der Waals surface area contributed by atoms with Gasteiger partial charge in [0.05, 0.1) is 5.92 Å². The molecule has 0 aromatic heterocycles. The minimum Gasteiger partial charge on any atom is -0.369 e. The number of nitrogens with one attached hydrogen (secondary N) is 3. The fourth-order valence-electron chi connectivity index (χ4n) is 4.70. The Balaban J connectivity index is 2.10. The first-order chi connectivity index (χ1) is 19.4. The van der Waals surface area contributed by atoms with Crippen LogP contribution in [0.1, 0.15) is 51.5 Å². The van der Waals surface area contributed by atoms with Gasteiger partial charge < -0.3 is 27.4 Å². The summed E-state index contributed by atoms with van der Waals surface area (Å²) < 4.78 is 0. The van der Waals surface area contributed by atoms with Crippen LogP contribution in [0.4, 0.5) is 10.5 Å². The number of urea groups is 1. The molecule has 7 N–H and O–H groups in total. The molecule has 1 aromatic rings. The molecule has 0 fully saturated rings. The standard InChI is InChI=1S/C28H39ClN6O6/c1-17(2)24(20(25(30)38)6-3-4-15-35-22(36)12-13-23(35)37)27(40)34-21(7-5-14-32-28(31)41)26(39)33-19-10-8-18(16-29)9-11-19/h8-13,17,20-21,24H,3-7,14-16H2,1-2H3,(H2,30,38)(H,33,39)(H,34,40)(H3,31,32,41)/t20?,21-,24-/m0/s1. The van der Waals surface area contributed by atoms with Gasteiger partial charge in [-0.2, -0.15) is 0 Å². The molecule has 1 aliphatic heterocycles. The van der Waals surface area contributed by atoms with E-state index in [1.807, 2.05) is 0 Å². The first-order valence-electron chi connectivity index (χ1n) is 13.6. The smallest absolute Gasteiger partial charge is 0.312 e. The molecule has 224 valence electrons. The number of nitrogens with two attached hydrogens (primary N) is 2. The van der Waals surface area contributed by atoms with Crippen molar-refractivity contribution in [1.82, 2.24) is 15.5 Å². The van der Waals surface area contributed by atoms with Gasteiger partial charge in [-0.05, 0) is 49.3 Å². The molecule has 12 nitrogen and oxygen atoms in total. The molecule has 13 heteroatoms. The van der Waals surface area contributed by atoms with Gasteiger partial charge in [0.1, 0.15) is 6.04 Å². The number of hydrogen-bond donors (Lipinski definition) is 5. The Labute approximate surface area is 244 Å². The van der Waals surface area contributed by atoms with E-state index >= 15 is 0 Å². The van der Waals surface area contributed by atoms with Gasteiger partial charge >= 0.3 is 6.03 Å². The largest absolute Gasteiger partial charge is 0.369 e. The molecular formula is C28H39ClN6O6. The van der Waals surface area contributed by atoms with Crippen molar-refractivity contribution in [3.05, 3.63) is 42.0 Å². The highest BCUT2D eigenvalue weighted by Gasteiger charge is 2.36. The molecular weight excluding hydrogens is 552 g/mol. The van der Waals surface area contributed by atoms with Crippen molar-refractivity contribution in [2.75, 3.05) is 18.4 Å². The van der Waals surface area contributed by atoms with Crippen LogP contribution in [0.25, 0.3) is 0 Å². The summed E-state index contributed by atoms with van der Waals surface area (Å²) in [6.07, 6.45) is 4.11. The number of alkyl halides is 1. The summed E-state index contributed by atoms with van der Waals surface area (Å²) in [5, 5.41) is 8.02. The highest BCUT2D eigenvalue weighted by Crippen LogP contribution is 2.27. The molecule has 41 heavy (non-hydrogen) atoms. The van der Waals surface area contributed by atoms with Gasteiger partial charge in [0, 0.05) is 42.7 Å². The summed E-state index contributed by atoms with van der Waals surface area (Å²) in [6, 6.07) is 5.26. The van der Waals surface area contributed by atoms with Gasteiger partial charge in [-0.15, -0.1) is 11.6 Å². The summed E-state index contributed by atoms with van der Waals surface area (Å²) in [7, 11) is 0. The number of carbonyl (C=O) groups is 6. The zero-order valence-corrected chi connectivity index (χ0v) is 24.1. The van der Waals surface area contributed by atoms with E-state index < -0.39 is 41.6 Å². The van der Waals surface area contributed by atoms with Crippen LogP contribution < -0.4 is 27.4 Å². The quantitative estimate of drug-likeness (QED) is 0.104. The predicted octanol–water partition coefficient (Wildman–Crippen LogP) is 1.77. The summed E-state index contributed by atoms with van der Waals surface area (Å²) in [5.74, 6) is -4.02. The van der Waals surface area contributed by atoms with Crippen LogP contribution in [-0.4, -0.2) is 59.6 Å². The highest BCUT2D eigenvalue weighted by atomic mass is 35.5. The molecule has 1 aliphatic rings. The molecule has 0 spiro atoms. The average Bonchev–Trinajstić information content (AvgIpc) is 3.23. The molecule has 2 rings (SSSR count). The highest BCUT2D eigenvalue weighted by molar-refractivity contribution is 6.17. The number of imide groups is 1. The molecule has 3 atom stereocenters. The number of amides is 7. The fourth-order valence-corrected chi connectivity index (χ4v) is 4.87. The van der Waals surface area contributed by atoms with Gasteiger partial charge in [0.25, 0.3) is 11.8 Å². The Bertz CT molecular complexity index is 1120. The van der Waals surface area contributed by atoms with Gasteiger partial charge in [0.2, 0.25) is 17.7 Å². The van der Waals surface area contributed by atoms with Gasteiger partial charge in [-0.25, -0.2) is 4.79 Å². The first-order valence-corrected chi connectivity index (χ1v) is 14.1. The van der Waals surface area contributed by atoms with Crippen molar-refractivity contribution in [1.29, 1.82) is 0 Å². The van der Waals surface area contributed by atoms with E-state index in [0.29, 0.717) is 30.8 Å². The zero-order chi connectivity index (χ0) is 30.5. The second-order valence-corrected chi connectivity index (χ2v) is 10.5. The number of nitrogens with zero attached hydrogens (tertiary/aromatic N) is 1. The van der Waals surface area contributed by atoms with Crippen molar-refractivity contribution < 1.29 is 28.8 Å². The maximum Gasteiger partial charge on any atom is 0.312 e. The lowest BCUT2D eigenvalue weighted by atomic mass is 9.79. The Hall–Kier alpha value is -3.93. The third-order valence-electron chi connectivity index (χ3n) is 6.84. The molecule has 0 saturated carbocycles. The third kappa shape index (κ3) is 10.5. The summed E-state index contributed by atoms with van der Waals surface area (Å²) >= 11 is 5.83. The number of hydrogen-bond acceptors (Lipinski definition) is 6. The average molecular weight is 591 g/mol. The van der Waals surface area contributed by atoms with E-state index in [1.165, 1.54) is 12.2 Å². The second-order valence-electron chi connectivity index (χ2n) is 10.3. The van der Waals surface area contributed by atoms with Crippen molar-refractivity contribution in [3.63, 3.8) is 0 Å². The second kappa shape index (κ2) is 16.4. The van der Waals surface area contributed by atoms with E-state index in [2.05, 4.69) is 16.0 Å². The number of primary amides is 2. The molecule has 0 aliphatic carbocycles. The van der Waals surface area contributed by atoms with Crippen LogP contribution in [0.3, 0.4) is 0 Å². The first kappa shape index (κ1) is 33.3. The van der Waals surface area contributed by atoms with Gasteiger partial charge in [-0.3, -0.25) is 28.9 Å². The van der Waals surface area contributed by atoms with Crippen LogP contribution in [0.15, 0.2) is 36.4 Å². The Morgan fingerprint density at radius 3 is 2.07 bits per heavy atom. The minimum atomic E-state index is -0.973.